The van der Waals surface area contributed by atoms with Crippen LogP contribution in [0.5, 0.6) is 0 Å². The Balaban J connectivity index is 2.58. The second-order valence-corrected chi connectivity index (χ2v) is 3.78. The number of hydrogen-bond acceptors (Lipinski definition) is 2. The SMILES string of the molecule is C[C@@H](Cc1ccc(Br)cc1)NO. The minimum absolute atomic E-state index is 0.103. The van der Waals surface area contributed by atoms with Gasteiger partial charge in [0.2, 0.25) is 0 Å². The molecule has 66 valence electrons. The van der Waals surface area contributed by atoms with Gasteiger partial charge < -0.3 is 5.21 Å². The standard InChI is InChI=1S/C9H12BrNO/c1-7(11-12)6-8-2-4-9(10)5-3-8/h2-5,7,11-12H,6H2,1H3/t7-/m0/s1. The van der Waals surface area contributed by atoms with Crippen molar-refractivity contribution in [3.63, 3.8) is 0 Å². The van der Waals surface area contributed by atoms with E-state index in [2.05, 4.69) is 21.4 Å². The summed E-state index contributed by atoms with van der Waals surface area (Å²) in [5, 5.41) is 8.59. The van der Waals surface area contributed by atoms with Gasteiger partial charge in [0.1, 0.15) is 0 Å². The molecule has 2 nitrogen and oxygen atoms in total. The van der Waals surface area contributed by atoms with Crippen molar-refractivity contribution in [2.75, 3.05) is 0 Å². The van der Waals surface area contributed by atoms with Crippen LogP contribution in [0.2, 0.25) is 0 Å². The lowest BCUT2D eigenvalue weighted by Crippen LogP contribution is -2.24. The van der Waals surface area contributed by atoms with Crippen LogP contribution >= 0.6 is 15.9 Å². The lowest BCUT2D eigenvalue weighted by molar-refractivity contribution is 0.133. The number of benzene rings is 1. The minimum atomic E-state index is 0.103. The number of rotatable bonds is 3. The van der Waals surface area contributed by atoms with Crippen LogP contribution in [0.25, 0.3) is 0 Å². The summed E-state index contributed by atoms with van der Waals surface area (Å²) in [6.07, 6.45) is 0.837. The Morgan fingerprint density at radius 2 is 2.00 bits per heavy atom. The van der Waals surface area contributed by atoms with E-state index in [1.807, 2.05) is 31.2 Å². The van der Waals surface area contributed by atoms with Crippen LogP contribution in [-0.4, -0.2) is 11.2 Å². The number of nitrogens with one attached hydrogen (secondary N) is 1. The zero-order chi connectivity index (χ0) is 8.97. The third-order valence-corrected chi connectivity index (χ3v) is 2.20. The molecule has 0 unspecified atom stereocenters. The number of hydroxylamine groups is 1. The third kappa shape index (κ3) is 2.93. The van der Waals surface area contributed by atoms with Crippen LogP contribution in [0.1, 0.15) is 12.5 Å². The molecule has 0 aliphatic carbocycles. The predicted molar refractivity (Wildman–Crippen MR) is 52.2 cm³/mol. The van der Waals surface area contributed by atoms with Crippen molar-refractivity contribution in [2.45, 2.75) is 19.4 Å². The first-order chi connectivity index (χ1) is 5.72. The van der Waals surface area contributed by atoms with Gasteiger partial charge in [-0.25, -0.2) is 5.48 Å². The molecule has 1 aromatic carbocycles. The zero-order valence-electron chi connectivity index (χ0n) is 6.92. The van der Waals surface area contributed by atoms with E-state index in [1.165, 1.54) is 5.56 Å². The molecule has 0 aromatic heterocycles. The molecule has 0 radical (unpaired) electrons. The molecule has 12 heavy (non-hydrogen) atoms. The van der Waals surface area contributed by atoms with Gasteiger partial charge in [-0.15, -0.1) is 0 Å². The zero-order valence-corrected chi connectivity index (χ0v) is 8.51. The first-order valence-corrected chi connectivity index (χ1v) is 4.65. The van der Waals surface area contributed by atoms with Crippen LogP contribution < -0.4 is 5.48 Å². The normalized spacial score (nSPS) is 12.9. The maximum absolute atomic E-state index is 8.59. The molecule has 1 aromatic rings. The topological polar surface area (TPSA) is 32.3 Å². The molecule has 0 spiro atoms. The fraction of sp³-hybridized carbons (Fsp3) is 0.333. The van der Waals surface area contributed by atoms with E-state index in [4.69, 9.17) is 5.21 Å². The van der Waals surface area contributed by atoms with Crippen LogP contribution in [0, 0.1) is 0 Å². The highest BCUT2D eigenvalue weighted by Crippen LogP contribution is 2.11. The van der Waals surface area contributed by atoms with Gasteiger partial charge in [-0.2, -0.15) is 0 Å². The van der Waals surface area contributed by atoms with Crippen molar-refractivity contribution < 1.29 is 5.21 Å². The molecule has 0 aliphatic heterocycles. The smallest absolute Gasteiger partial charge is 0.0331 e. The molecule has 0 saturated heterocycles. The van der Waals surface area contributed by atoms with E-state index in [1.54, 1.807) is 0 Å². The Morgan fingerprint density at radius 1 is 1.42 bits per heavy atom. The molecule has 0 amide bonds. The molecule has 1 rings (SSSR count). The highest BCUT2D eigenvalue weighted by Gasteiger charge is 2.00. The summed E-state index contributed by atoms with van der Waals surface area (Å²) in [7, 11) is 0. The number of halogens is 1. The van der Waals surface area contributed by atoms with Crippen molar-refractivity contribution in [3.8, 4) is 0 Å². The van der Waals surface area contributed by atoms with Crippen molar-refractivity contribution in [1.82, 2.24) is 5.48 Å². The van der Waals surface area contributed by atoms with Crippen molar-refractivity contribution in [1.29, 1.82) is 0 Å². The molecule has 1 atom stereocenters. The van der Waals surface area contributed by atoms with Gasteiger partial charge in [0, 0.05) is 10.5 Å². The van der Waals surface area contributed by atoms with Crippen molar-refractivity contribution in [3.05, 3.63) is 34.3 Å². The van der Waals surface area contributed by atoms with Gasteiger partial charge in [0.05, 0.1) is 0 Å². The Labute approximate surface area is 80.7 Å². The van der Waals surface area contributed by atoms with Gasteiger partial charge in [0.25, 0.3) is 0 Å². The monoisotopic (exact) mass is 229 g/mol. The largest absolute Gasteiger partial charge is 0.317 e. The lowest BCUT2D eigenvalue weighted by Gasteiger charge is -2.08. The average molecular weight is 230 g/mol. The van der Waals surface area contributed by atoms with E-state index in [-0.39, 0.29) is 6.04 Å². The number of hydrogen-bond donors (Lipinski definition) is 2. The molecule has 0 fully saturated rings. The van der Waals surface area contributed by atoms with Gasteiger partial charge in [0.15, 0.2) is 0 Å². The quantitative estimate of drug-likeness (QED) is 0.781. The Bertz CT molecular complexity index is 235. The van der Waals surface area contributed by atoms with E-state index < -0.39 is 0 Å². The predicted octanol–water partition coefficient (Wildman–Crippen LogP) is 2.36. The van der Waals surface area contributed by atoms with Crippen molar-refractivity contribution in [2.24, 2.45) is 0 Å². The summed E-state index contributed by atoms with van der Waals surface area (Å²) in [5.74, 6) is 0. The molecule has 0 aliphatic rings. The van der Waals surface area contributed by atoms with Gasteiger partial charge >= 0.3 is 0 Å². The van der Waals surface area contributed by atoms with E-state index in [9.17, 15) is 0 Å². The first kappa shape index (κ1) is 9.71. The third-order valence-electron chi connectivity index (χ3n) is 1.68. The molecule has 2 N–H and O–H groups in total. The van der Waals surface area contributed by atoms with Crippen LogP contribution in [0.3, 0.4) is 0 Å². The van der Waals surface area contributed by atoms with E-state index in [0.29, 0.717) is 0 Å². The van der Waals surface area contributed by atoms with E-state index in [0.717, 1.165) is 10.9 Å². The van der Waals surface area contributed by atoms with Gasteiger partial charge in [-0.3, -0.25) is 0 Å². The summed E-state index contributed by atoms with van der Waals surface area (Å²) in [5.41, 5.74) is 3.43. The van der Waals surface area contributed by atoms with Crippen LogP contribution in [-0.2, 0) is 6.42 Å². The summed E-state index contributed by atoms with van der Waals surface area (Å²) in [6, 6.07) is 8.18. The van der Waals surface area contributed by atoms with E-state index >= 15 is 0 Å². The molecule has 0 bridgehead atoms. The second-order valence-electron chi connectivity index (χ2n) is 2.86. The molecule has 0 heterocycles. The maximum Gasteiger partial charge on any atom is 0.0331 e. The van der Waals surface area contributed by atoms with Crippen LogP contribution in [0.15, 0.2) is 28.7 Å². The molecular formula is C9H12BrNO. The van der Waals surface area contributed by atoms with Crippen molar-refractivity contribution >= 4 is 15.9 Å². The van der Waals surface area contributed by atoms with Crippen LogP contribution in [0.4, 0.5) is 0 Å². The first-order valence-electron chi connectivity index (χ1n) is 3.86. The molecule has 0 saturated carbocycles. The highest BCUT2D eigenvalue weighted by molar-refractivity contribution is 9.10. The average Bonchev–Trinajstić information content (AvgIpc) is 2.09. The Kier molecular flexibility index (Phi) is 3.72. The van der Waals surface area contributed by atoms with Gasteiger partial charge in [-0.1, -0.05) is 28.1 Å². The minimum Gasteiger partial charge on any atom is -0.317 e. The fourth-order valence-electron chi connectivity index (χ4n) is 1.02. The fourth-order valence-corrected chi connectivity index (χ4v) is 1.28. The highest BCUT2D eigenvalue weighted by atomic mass is 79.9. The summed E-state index contributed by atoms with van der Waals surface area (Å²) in [6.45, 7) is 1.93. The summed E-state index contributed by atoms with van der Waals surface area (Å²) < 4.78 is 1.08. The molecular weight excluding hydrogens is 218 g/mol. The Hall–Kier alpha value is -0.380. The lowest BCUT2D eigenvalue weighted by atomic mass is 10.1. The summed E-state index contributed by atoms with van der Waals surface area (Å²) in [4.78, 5) is 0. The Morgan fingerprint density at radius 3 is 2.50 bits per heavy atom. The summed E-state index contributed by atoms with van der Waals surface area (Å²) >= 11 is 3.36. The second kappa shape index (κ2) is 4.60. The molecule has 3 heteroatoms. The maximum atomic E-state index is 8.59. The van der Waals surface area contributed by atoms with Gasteiger partial charge in [-0.05, 0) is 31.0 Å².